The SMILES string of the molecule is CN=C(NCCCCSC)NCC(=O)NCCOC. The Morgan fingerprint density at radius 1 is 1.21 bits per heavy atom. The summed E-state index contributed by atoms with van der Waals surface area (Å²) < 4.78 is 4.85. The number of aliphatic imine (C=N–C) groups is 1. The Morgan fingerprint density at radius 2 is 2.00 bits per heavy atom. The number of hydrogen-bond donors (Lipinski definition) is 3. The topological polar surface area (TPSA) is 74.8 Å². The lowest BCUT2D eigenvalue weighted by Gasteiger charge is -2.11. The number of carbonyl (C=O) groups is 1. The molecule has 0 heterocycles. The standard InChI is InChI=1S/C12H26N4O2S/c1-13-12(15-6-4-5-9-19-3)16-10-11(17)14-7-8-18-2/h4-10H2,1-3H3,(H,14,17)(H2,13,15,16). The van der Waals surface area contributed by atoms with E-state index in [1.165, 1.54) is 12.2 Å². The molecule has 0 spiro atoms. The van der Waals surface area contributed by atoms with Gasteiger partial charge in [-0.15, -0.1) is 0 Å². The predicted octanol–water partition coefficient (Wildman–Crippen LogP) is 0.0572. The minimum absolute atomic E-state index is 0.0672. The summed E-state index contributed by atoms with van der Waals surface area (Å²) >= 11 is 1.85. The molecule has 0 rings (SSSR count). The Morgan fingerprint density at radius 3 is 2.63 bits per heavy atom. The summed E-state index contributed by atoms with van der Waals surface area (Å²) in [5.41, 5.74) is 0. The molecule has 0 saturated heterocycles. The van der Waals surface area contributed by atoms with Gasteiger partial charge in [-0.2, -0.15) is 11.8 Å². The Kier molecular flexibility index (Phi) is 12.8. The van der Waals surface area contributed by atoms with Crippen LogP contribution in [0.3, 0.4) is 0 Å². The lowest BCUT2D eigenvalue weighted by molar-refractivity contribution is -0.120. The smallest absolute Gasteiger partial charge is 0.239 e. The van der Waals surface area contributed by atoms with Gasteiger partial charge in [0.15, 0.2) is 5.96 Å². The number of nitrogens with zero attached hydrogens (tertiary/aromatic N) is 1. The van der Waals surface area contributed by atoms with Crippen LogP contribution in [0.2, 0.25) is 0 Å². The van der Waals surface area contributed by atoms with E-state index in [9.17, 15) is 4.79 Å². The predicted molar refractivity (Wildman–Crippen MR) is 81.9 cm³/mol. The molecule has 0 unspecified atom stereocenters. The molecule has 6 nitrogen and oxygen atoms in total. The van der Waals surface area contributed by atoms with Crippen LogP contribution < -0.4 is 16.0 Å². The van der Waals surface area contributed by atoms with E-state index >= 15 is 0 Å². The summed E-state index contributed by atoms with van der Waals surface area (Å²) in [6.07, 6.45) is 4.39. The Balaban J connectivity index is 3.61. The summed E-state index contributed by atoms with van der Waals surface area (Å²) in [7, 11) is 3.30. The second-order valence-electron chi connectivity index (χ2n) is 3.90. The molecule has 0 saturated carbocycles. The van der Waals surface area contributed by atoms with Crippen molar-refractivity contribution in [1.82, 2.24) is 16.0 Å². The molecule has 3 N–H and O–H groups in total. The number of amides is 1. The van der Waals surface area contributed by atoms with E-state index in [-0.39, 0.29) is 12.5 Å². The molecule has 0 aromatic rings. The van der Waals surface area contributed by atoms with Crippen molar-refractivity contribution < 1.29 is 9.53 Å². The van der Waals surface area contributed by atoms with Gasteiger partial charge in [0, 0.05) is 27.2 Å². The monoisotopic (exact) mass is 290 g/mol. The van der Waals surface area contributed by atoms with Crippen LogP contribution in [0.25, 0.3) is 0 Å². The van der Waals surface area contributed by atoms with Gasteiger partial charge in [-0.1, -0.05) is 0 Å². The highest BCUT2D eigenvalue weighted by Crippen LogP contribution is 1.97. The zero-order chi connectivity index (χ0) is 14.3. The van der Waals surface area contributed by atoms with Crippen LogP contribution in [-0.4, -0.2) is 64.3 Å². The number of carbonyl (C=O) groups excluding carboxylic acids is 1. The first-order valence-corrected chi connectivity index (χ1v) is 7.83. The van der Waals surface area contributed by atoms with Gasteiger partial charge in [0.25, 0.3) is 0 Å². The summed E-state index contributed by atoms with van der Waals surface area (Å²) in [5, 5.41) is 8.88. The van der Waals surface area contributed by atoms with Gasteiger partial charge >= 0.3 is 0 Å². The molecule has 0 aliphatic carbocycles. The average molecular weight is 290 g/mol. The van der Waals surface area contributed by atoms with Crippen molar-refractivity contribution in [1.29, 1.82) is 0 Å². The second-order valence-corrected chi connectivity index (χ2v) is 4.88. The first-order chi connectivity index (χ1) is 9.24. The summed E-state index contributed by atoms with van der Waals surface area (Å²) in [6.45, 7) is 2.13. The molecule has 0 aliphatic heterocycles. The molecule has 1 amide bonds. The maximum absolute atomic E-state index is 11.4. The molecule has 0 bridgehead atoms. The van der Waals surface area contributed by atoms with E-state index in [0.717, 1.165) is 13.0 Å². The van der Waals surface area contributed by atoms with Crippen LogP contribution in [0.4, 0.5) is 0 Å². The average Bonchev–Trinajstić information content (AvgIpc) is 2.42. The molecule has 0 fully saturated rings. The van der Waals surface area contributed by atoms with Gasteiger partial charge in [0.1, 0.15) is 0 Å². The highest BCUT2D eigenvalue weighted by atomic mass is 32.2. The first-order valence-electron chi connectivity index (χ1n) is 6.43. The lowest BCUT2D eigenvalue weighted by Crippen LogP contribution is -2.43. The fraction of sp³-hybridized carbons (Fsp3) is 0.833. The maximum atomic E-state index is 11.4. The molecule has 0 aromatic heterocycles. The molecule has 0 atom stereocenters. The van der Waals surface area contributed by atoms with Crippen LogP contribution in [0.5, 0.6) is 0 Å². The van der Waals surface area contributed by atoms with Gasteiger partial charge in [-0.3, -0.25) is 9.79 Å². The fourth-order valence-corrected chi connectivity index (χ4v) is 1.81. The zero-order valence-corrected chi connectivity index (χ0v) is 12.9. The van der Waals surface area contributed by atoms with Crippen molar-refractivity contribution in [3.63, 3.8) is 0 Å². The van der Waals surface area contributed by atoms with Crippen molar-refractivity contribution in [2.45, 2.75) is 12.8 Å². The molecule has 19 heavy (non-hydrogen) atoms. The van der Waals surface area contributed by atoms with E-state index in [1.54, 1.807) is 14.2 Å². The van der Waals surface area contributed by atoms with Crippen LogP contribution in [0.15, 0.2) is 4.99 Å². The largest absolute Gasteiger partial charge is 0.383 e. The van der Waals surface area contributed by atoms with Crippen LogP contribution in [0.1, 0.15) is 12.8 Å². The van der Waals surface area contributed by atoms with E-state index in [2.05, 4.69) is 27.2 Å². The zero-order valence-electron chi connectivity index (χ0n) is 12.1. The minimum atomic E-state index is -0.0672. The van der Waals surface area contributed by atoms with E-state index < -0.39 is 0 Å². The molecule has 112 valence electrons. The molecular weight excluding hydrogens is 264 g/mol. The number of guanidine groups is 1. The van der Waals surface area contributed by atoms with Crippen molar-refractivity contribution >= 4 is 23.6 Å². The van der Waals surface area contributed by atoms with Crippen molar-refractivity contribution in [3.05, 3.63) is 0 Å². The normalized spacial score (nSPS) is 11.2. The molecule has 0 aliphatic rings. The van der Waals surface area contributed by atoms with Crippen LogP contribution in [-0.2, 0) is 9.53 Å². The van der Waals surface area contributed by atoms with Gasteiger partial charge in [0.2, 0.25) is 5.91 Å². The van der Waals surface area contributed by atoms with E-state index in [4.69, 9.17) is 4.74 Å². The number of rotatable bonds is 10. The summed E-state index contributed by atoms with van der Waals surface area (Å²) in [6, 6.07) is 0. The maximum Gasteiger partial charge on any atom is 0.239 e. The number of unbranched alkanes of at least 4 members (excludes halogenated alkanes) is 1. The summed E-state index contributed by atoms with van der Waals surface area (Å²) in [4.78, 5) is 15.5. The third kappa shape index (κ3) is 11.9. The molecule has 0 aromatic carbocycles. The van der Waals surface area contributed by atoms with Gasteiger partial charge in [-0.25, -0.2) is 0 Å². The number of ether oxygens (including phenoxy) is 1. The summed E-state index contributed by atoms with van der Waals surface area (Å²) in [5.74, 6) is 1.77. The van der Waals surface area contributed by atoms with Crippen LogP contribution >= 0.6 is 11.8 Å². The van der Waals surface area contributed by atoms with Crippen molar-refractivity contribution in [3.8, 4) is 0 Å². The number of thioether (sulfide) groups is 1. The third-order valence-electron chi connectivity index (χ3n) is 2.34. The Bertz CT molecular complexity index is 262. The van der Waals surface area contributed by atoms with Gasteiger partial charge < -0.3 is 20.7 Å². The number of methoxy groups -OCH3 is 1. The first kappa shape index (κ1) is 18.0. The highest BCUT2D eigenvalue weighted by molar-refractivity contribution is 7.98. The molecule has 7 heteroatoms. The fourth-order valence-electron chi connectivity index (χ4n) is 1.32. The number of nitrogens with one attached hydrogen (secondary N) is 3. The van der Waals surface area contributed by atoms with Gasteiger partial charge in [-0.05, 0) is 24.9 Å². The quantitative estimate of drug-likeness (QED) is 0.301. The van der Waals surface area contributed by atoms with Crippen LogP contribution in [0, 0.1) is 0 Å². The van der Waals surface area contributed by atoms with Crippen molar-refractivity contribution in [2.24, 2.45) is 4.99 Å². The third-order valence-corrected chi connectivity index (χ3v) is 3.03. The second kappa shape index (κ2) is 13.5. The minimum Gasteiger partial charge on any atom is -0.383 e. The van der Waals surface area contributed by atoms with Gasteiger partial charge in [0.05, 0.1) is 13.2 Å². The molecular formula is C12H26N4O2S. The Labute approximate surface area is 120 Å². The van der Waals surface area contributed by atoms with E-state index in [1.807, 2.05) is 11.8 Å². The molecule has 0 radical (unpaired) electrons. The van der Waals surface area contributed by atoms with Crippen molar-refractivity contribution in [2.75, 3.05) is 52.4 Å². The number of hydrogen-bond acceptors (Lipinski definition) is 4. The van der Waals surface area contributed by atoms with E-state index in [0.29, 0.717) is 19.1 Å². The highest BCUT2D eigenvalue weighted by Gasteiger charge is 2.02. The Hall–Kier alpha value is -0.950. The lowest BCUT2D eigenvalue weighted by atomic mass is 10.3.